The van der Waals surface area contributed by atoms with Gasteiger partial charge < -0.3 is 16.0 Å². The summed E-state index contributed by atoms with van der Waals surface area (Å²) in [6.07, 6.45) is 4.02. The third kappa shape index (κ3) is 4.29. The number of thiophene rings is 1. The van der Waals surface area contributed by atoms with Crippen molar-refractivity contribution >= 4 is 34.5 Å². The van der Waals surface area contributed by atoms with E-state index in [4.69, 9.17) is 0 Å². The lowest BCUT2D eigenvalue weighted by Gasteiger charge is -2.22. The van der Waals surface area contributed by atoms with E-state index in [0.717, 1.165) is 25.9 Å². The van der Waals surface area contributed by atoms with Crippen LogP contribution in [0, 0.1) is 0 Å². The molecule has 1 aromatic carbocycles. The molecule has 1 saturated heterocycles. The number of anilines is 2. The van der Waals surface area contributed by atoms with Crippen molar-refractivity contribution < 1.29 is 9.59 Å². The van der Waals surface area contributed by atoms with Crippen LogP contribution in [0.25, 0.3) is 0 Å². The Morgan fingerprint density at radius 1 is 1.11 bits per heavy atom. The average molecular weight is 395 g/mol. The summed E-state index contributed by atoms with van der Waals surface area (Å²) in [6, 6.07) is 12.7. The maximum atomic E-state index is 12.5. The van der Waals surface area contributed by atoms with Crippen molar-refractivity contribution in [2.24, 2.45) is 0 Å². The predicted molar refractivity (Wildman–Crippen MR) is 110 cm³/mol. The third-order valence-electron chi connectivity index (χ3n) is 4.61. The second kappa shape index (κ2) is 8.37. The highest BCUT2D eigenvalue weighted by molar-refractivity contribution is 7.12. The van der Waals surface area contributed by atoms with Crippen molar-refractivity contribution in [3.8, 4) is 0 Å². The van der Waals surface area contributed by atoms with E-state index in [1.54, 1.807) is 36.4 Å². The van der Waals surface area contributed by atoms with Gasteiger partial charge in [0.15, 0.2) is 5.69 Å². The van der Waals surface area contributed by atoms with E-state index in [0.29, 0.717) is 21.9 Å². The third-order valence-corrected chi connectivity index (χ3v) is 5.48. The van der Waals surface area contributed by atoms with Gasteiger partial charge in [-0.15, -0.1) is 11.3 Å². The number of benzene rings is 1. The van der Waals surface area contributed by atoms with E-state index >= 15 is 0 Å². The standard InChI is InChI=1S/C20H21N5O2S/c26-19(17-8-10-25(24-17)16-6-2-9-21-13-16)22-14-4-1-5-15(12-14)23-20(27)18-7-3-11-28-18/h1,3-5,7-8,10-12,16,21H,2,6,9,13H2,(H,22,26)(H,23,27). The average Bonchev–Trinajstić information content (AvgIpc) is 3.41. The minimum atomic E-state index is -0.274. The van der Waals surface area contributed by atoms with Crippen molar-refractivity contribution in [2.75, 3.05) is 23.7 Å². The van der Waals surface area contributed by atoms with E-state index in [1.807, 2.05) is 22.3 Å². The van der Waals surface area contributed by atoms with Crippen molar-refractivity contribution in [1.82, 2.24) is 15.1 Å². The zero-order valence-corrected chi connectivity index (χ0v) is 16.0. The Kier molecular flexibility index (Phi) is 5.50. The van der Waals surface area contributed by atoms with Crippen molar-refractivity contribution in [3.63, 3.8) is 0 Å². The van der Waals surface area contributed by atoms with Crippen LogP contribution in [0.4, 0.5) is 11.4 Å². The monoisotopic (exact) mass is 395 g/mol. The molecule has 0 aliphatic carbocycles. The van der Waals surface area contributed by atoms with Crippen LogP contribution in [0.15, 0.2) is 54.0 Å². The van der Waals surface area contributed by atoms with Crippen LogP contribution >= 0.6 is 11.3 Å². The van der Waals surface area contributed by atoms with Gasteiger partial charge in [-0.3, -0.25) is 14.3 Å². The van der Waals surface area contributed by atoms with E-state index in [2.05, 4.69) is 21.0 Å². The Bertz CT molecular complexity index is 961. The molecule has 3 aromatic rings. The molecule has 2 amide bonds. The molecule has 144 valence electrons. The number of rotatable bonds is 5. The summed E-state index contributed by atoms with van der Waals surface area (Å²) in [4.78, 5) is 25.4. The molecule has 8 heteroatoms. The Balaban J connectivity index is 1.40. The number of hydrogen-bond acceptors (Lipinski definition) is 5. The van der Waals surface area contributed by atoms with E-state index in [9.17, 15) is 9.59 Å². The van der Waals surface area contributed by atoms with Gasteiger partial charge in [0, 0.05) is 24.1 Å². The Morgan fingerprint density at radius 2 is 1.93 bits per heavy atom. The fourth-order valence-corrected chi connectivity index (χ4v) is 3.81. The SMILES string of the molecule is O=C(Nc1cccc(NC(=O)c2cccs2)c1)c1ccn(C2CCCNC2)n1. The second-order valence-electron chi connectivity index (χ2n) is 6.65. The molecule has 0 spiro atoms. The van der Waals surface area contributed by atoms with Gasteiger partial charge in [0.2, 0.25) is 0 Å². The summed E-state index contributed by atoms with van der Waals surface area (Å²) in [7, 11) is 0. The number of carbonyl (C=O) groups excluding carboxylic acids is 2. The molecular formula is C20H21N5O2S. The first-order valence-corrected chi connectivity index (χ1v) is 10.1. The summed E-state index contributed by atoms with van der Waals surface area (Å²) >= 11 is 1.38. The summed E-state index contributed by atoms with van der Waals surface area (Å²) in [5.74, 6) is -0.442. The Hall–Kier alpha value is -2.97. The first-order valence-electron chi connectivity index (χ1n) is 9.21. The summed E-state index contributed by atoms with van der Waals surface area (Å²) in [5.41, 5.74) is 1.59. The lowest BCUT2D eigenvalue weighted by molar-refractivity contribution is 0.101. The molecule has 2 aromatic heterocycles. The quantitative estimate of drug-likeness (QED) is 0.618. The zero-order chi connectivity index (χ0) is 19.3. The molecule has 1 aliphatic rings. The van der Waals surface area contributed by atoms with Crippen LogP contribution in [0.5, 0.6) is 0 Å². The number of hydrogen-bond donors (Lipinski definition) is 3. The van der Waals surface area contributed by atoms with Crippen LogP contribution in [0.1, 0.15) is 39.0 Å². The maximum Gasteiger partial charge on any atom is 0.276 e. The molecule has 1 fully saturated rings. The smallest absolute Gasteiger partial charge is 0.276 e. The Labute approximate surface area is 166 Å². The normalized spacial score (nSPS) is 16.5. The van der Waals surface area contributed by atoms with Gasteiger partial charge >= 0.3 is 0 Å². The molecule has 0 radical (unpaired) electrons. The van der Waals surface area contributed by atoms with Gasteiger partial charge in [-0.1, -0.05) is 12.1 Å². The number of amides is 2. The van der Waals surface area contributed by atoms with Crippen LogP contribution in [0.3, 0.4) is 0 Å². The summed E-state index contributed by atoms with van der Waals surface area (Å²) < 4.78 is 1.86. The number of nitrogens with zero attached hydrogens (tertiary/aromatic N) is 2. The van der Waals surface area contributed by atoms with Crippen LogP contribution in [-0.4, -0.2) is 34.7 Å². The molecule has 0 saturated carbocycles. The minimum Gasteiger partial charge on any atom is -0.321 e. The molecule has 1 aliphatic heterocycles. The lowest BCUT2D eigenvalue weighted by atomic mass is 10.1. The Morgan fingerprint density at radius 3 is 2.64 bits per heavy atom. The first kappa shape index (κ1) is 18.4. The topological polar surface area (TPSA) is 88.0 Å². The van der Waals surface area contributed by atoms with Gasteiger partial charge in [-0.25, -0.2) is 0 Å². The van der Waals surface area contributed by atoms with Gasteiger partial charge in [0.05, 0.1) is 10.9 Å². The van der Waals surface area contributed by atoms with Crippen LogP contribution < -0.4 is 16.0 Å². The highest BCUT2D eigenvalue weighted by Gasteiger charge is 2.18. The van der Waals surface area contributed by atoms with Crippen molar-refractivity contribution in [3.05, 3.63) is 64.6 Å². The summed E-state index contributed by atoms with van der Waals surface area (Å²) in [5, 5.41) is 15.3. The van der Waals surface area contributed by atoms with Crippen molar-refractivity contribution in [2.45, 2.75) is 18.9 Å². The zero-order valence-electron chi connectivity index (χ0n) is 15.2. The van der Waals surface area contributed by atoms with E-state index in [-0.39, 0.29) is 17.9 Å². The molecular weight excluding hydrogens is 374 g/mol. The fourth-order valence-electron chi connectivity index (χ4n) is 3.19. The highest BCUT2D eigenvalue weighted by atomic mass is 32.1. The minimum absolute atomic E-state index is 0.168. The molecule has 0 bridgehead atoms. The molecule has 3 N–H and O–H groups in total. The largest absolute Gasteiger partial charge is 0.321 e. The lowest BCUT2D eigenvalue weighted by Crippen LogP contribution is -2.32. The maximum absolute atomic E-state index is 12.5. The molecule has 1 atom stereocenters. The van der Waals surface area contributed by atoms with Gasteiger partial charge in [-0.05, 0) is 55.1 Å². The number of carbonyl (C=O) groups is 2. The fraction of sp³-hybridized carbons (Fsp3) is 0.250. The highest BCUT2D eigenvalue weighted by Crippen LogP contribution is 2.19. The molecule has 28 heavy (non-hydrogen) atoms. The number of piperidine rings is 1. The second-order valence-corrected chi connectivity index (χ2v) is 7.60. The first-order chi connectivity index (χ1) is 13.7. The van der Waals surface area contributed by atoms with E-state index < -0.39 is 0 Å². The number of aromatic nitrogens is 2. The van der Waals surface area contributed by atoms with Crippen LogP contribution in [0.2, 0.25) is 0 Å². The van der Waals surface area contributed by atoms with Gasteiger partial charge in [0.25, 0.3) is 11.8 Å². The number of nitrogens with one attached hydrogen (secondary N) is 3. The molecule has 7 nitrogen and oxygen atoms in total. The van der Waals surface area contributed by atoms with E-state index in [1.165, 1.54) is 11.3 Å². The van der Waals surface area contributed by atoms with Crippen molar-refractivity contribution in [1.29, 1.82) is 0 Å². The summed E-state index contributed by atoms with van der Waals surface area (Å²) in [6.45, 7) is 1.90. The molecule has 3 heterocycles. The predicted octanol–water partition coefficient (Wildman–Crippen LogP) is 3.37. The van der Waals surface area contributed by atoms with Gasteiger partial charge in [0.1, 0.15) is 0 Å². The molecule has 4 rings (SSSR count). The van der Waals surface area contributed by atoms with Gasteiger partial charge in [-0.2, -0.15) is 5.10 Å². The van der Waals surface area contributed by atoms with Crippen LogP contribution in [-0.2, 0) is 0 Å². The molecule has 1 unspecified atom stereocenters.